The van der Waals surface area contributed by atoms with Crippen LogP contribution in [0.4, 0.5) is 4.39 Å². The van der Waals surface area contributed by atoms with Crippen molar-refractivity contribution in [1.82, 2.24) is 0 Å². The molecule has 0 unspecified atom stereocenters. The molecule has 2 nitrogen and oxygen atoms in total. The van der Waals surface area contributed by atoms with Gasteiger partial charge in [0, 0.05) is 6.21 Å². The minimum absolute atomic E-state index is 0.311. The van der Waals surface area contributed by atoms with E-state index in [2.05, 4.69) is 4.40 Å². The van der Waals surface area contributed by atoms with Gasteiger partial charge in [-0.2, -0.15) is 4.40 Å². The van der Waals surface area contributed by atoms with Crippen molar-refractivity contribution in [3.05, 3.63) is 35.1 Å². The maximum atomic E-state index is 13.0. The fourth-order valence-corrected chi connectivity index (χ4v) is 1.54. The maximum Gasteiger partial charge on any atom is 0.144 e. The quantitative estimate of drug-likeness (QED) is 0.732. The summed E-state index contributed by atoms with van der Waals surface area (Å²) >= 11 is 0. The Morgan fingerprint density at radius 1 is 1.38 bits per heavy atom. The standard InChI is InChI=1S/C12H16FNOS/c1-9-5-6-11(13)7-10(9)8-14-16(15)12(2,3)4/h5-8H,1-4H3/b14-8+/t16-/m1/s1. The van der Waals surface area contributed by atoms with E-state index in [9.17, 15) is 8.60 Å². The van der Waals surface area contributed by atoms with Gasteiger partial charge in [0.2, 0.25) is 0 Å². The van der Waals surface area contributed by atoms with Gasteiger partial charge in [-0.15, -0.1) is 0 Å². The molecule has 0 aromatic heterocycles. The van der Waals surface area contributed by atoms with Crippen LogP contribution in [0.1, 0.15) is 31.9 Å². The van der Waals surface area contributed by atoms with E-state index >= 15 is 0 Å². The van der Waals surface area contributed by atoms with Crippen LogP contribution < -0.4 is 0 Å². The van der Waals surface area contributed by atoms with Crippen LogP contribution in [0.2, 0.25) is 0 Å². The molecule has 88 valence electrons. The Bertz CT molecular complexity index is 435. The lowest BCUT2D eigenvalue weighted by Crippen LogP contribution is -2.19. The van der Waals surface area contributed by atoms with Crippen LogP contribution in [-0.4, -0.2) is 15.2 Å². The van der Waals surface area contributed by atoms with E-state index in [-0.39, 0.29) is 5.82 Å². The molecule has 0 radical (unpaired) electrons. The van der Waals surface area contributed by atoms with Gasteiger partial charge in [-0.3, -0.25) is 0 Å². The van der Waals surface area contributed by atoms with Gasteiger partial charge in [0.1, 0.15) is 16.8 Å². The van der Waals surface area contributed by atoms with Crippen LogP contribution >= 0.6 is 0 Å². The summed E-state index contributed by atoms with van der Waals surface area (Å²) in [6.07, 6.45) is 1.47. The van der Waals surface area contributed by atoms with Crippen molar-refractivity contribution in [2.45, 2.75) is 32.4 Å². The van der Waals surface area contributed by atoms with Crippen molar-refractivity contribution in [1.29, 1.82) is 0 Å². The lowest BCUT2D eigenvalue weighted by atomic mass is 10.1. The predicted octanol–water partition coefficient (Wildman–Crippen LogP) is 3.02. The van der Waals surface area contributed by atoms with Crippen molar-refractivity contribution in [2.24, 2.45) is 4.40 Å². The van der Waals surface area contributed by atoms with Crippen LogP contribution in [0.5, 0.6) is 0 Å². The zero-order valence-corrected chi connectivity index (χ0v) is 10.8. The van der Waals surface area contributed by atoms with Gasteiger partial charge in [-0.05, 0) is 51.0 Å². The molecule has 0 N–H and O–H groups in total. The molecule has 0 aliphatic heterocycles. The smallest absolute Gasteiger partial charge is 0.144 e. The summed E-state index contributed by atoms with van der Waals surface area (Å²) < 4.78 is 28.2. The molecule has 1 rings (SSSR count). The highest BCUT2D eigenvalue weighted by Crippen LogP contribution is 2.13. The Morgan fingerprint density at radius 2 is 2.00 bits per heavy atom. The fourth-order valence-electron chi connectivity index (χ4n) is 1.01. The van der Waals surface area contributed by atoms with Crippen LogP contribution in [0.25, 0.3) is 0 Å². The molecule has 0 bridgehead atoms. The van der Waals surface area contributed by atoms with E-state index in [1.54, 1.807) is 6.07 Å². The average Bonchev–Trinajstić information content (AvgIpc) is 2.17. The van der Waals surface area contributed by atoms with Gasteiger partial charge in [0.15, 0.2) is 0 Å². The molecular weight excluding hydrogens is 225 g/mol. The number of nitrogens with zero attached hydrogens (tertiary/aromatic N) is 1. The van der Waals surface area contributed by atoms with Crippen LogP contribution in [0.15, 0.2) is 22.6 Å². The third kappa shape index (κ3) is 3.52. The Balaban J connectivity index is 2.93. The van der Waals surface area contributed by atoms with Crippen molar-refractivity contribution >= 4 is 17.2 Å². The highest BCUT2D eigenvalue weighted by molar-refractivity contribution is 7.85. The van der Waals surface area contributed by atoms with E-state index in [4.69, 9.17) is 0 Å². The molecule has 1 aromatic rings. The van der Waals surface area contributed by atoms with Crippen molar-refractivity contribution in [3.63, 3.8) is 0 Å². The molecular formula is C12H16FNOS. The van der Waals surface area contributed by atoms with Gasteiger partial charge >= 0.3 is 0 Å². The van der Waals surface area contributed by atoms with E-state index in [1.165, 1.54) is 18.3 Å². The van der Waals surface area contributed by atoms with Gasteiger partial charge in [-0.25, -0.2) is 8.60 Å². The third-order valence-electron chi connectivity index (χ3n) is 2.05. The average molecular weight is 241 g/mol. The van der Waals surface area contributed by atoms with Crippen molar-refractivity contribution < 1.29 is 8.60 Å². The molecule has 0 spiro atoms. The normalized spacial score (nSPS) is 14.3. The molecule has 0 amide bonds. The first-order valence-corrected chi connectivity index (χ1v) is 6.13. The van der Waals surface area contributed by atoms with Crippen molar-refractivity contribution in [2.75, 3.05) is 0 Å². The Hall–Kier alpha value is -1.03. The van der Waals surface area contributed by atoms with E-state index in [1.807, 2.05) is 27.7 Å². The van der Waals surface area contributed by atoms with Gasteiger partial charge in [0.25, 0.3) is 0 Å². The maximum absolute atomic E-state index is 13.0. The fraction of sp³-hybridized carbons (Fsp3) is 0.417. The largest absolute Gasteiger partial charge is 0.234 e. The summed E-state index contributed by atoms with van der Waals surface area (Å²) in [4.78, 5) is 0. The Kier molecular flexibility index (Phi) is 3.97. The summed E-state index contributed by atoms with van der Waals surface area (Å²) in [6.45, 7) is 7.40. The van der Waals surface area contributed by atoms with Gasteiger partial charge < -0.3 is 0 Å². The number of rotatable bonds is 2. The number of hydrogen-bond acceptors (Lipinski definition) is 1. The summed E-state index contributed by atoms with van der Waals surface area (Å²) in [5, 5.41) is 0. The van der Waals surface area contributed by atoms with Gasteiger partial charge in [-0.1, -0.05) is 6.07 Å². The molecule has 0 heterocycles. The number of benzene rings is 1. The highest BCUT2D eigenvalue weighted by Gasteiger charge is 2.18. The number of hydrogen-bond donors (Lipinski definition) is 0. The molecule has 0 fully saturated rings. The lowest BCUT2D eigenvalue weighted by Gasteiger charge is -2.12. The molecule has 0 saturated carbocycles. The second-order valence-electron chi connectivity index (χ2n) is 4.60. The summed E-state index contributed by atoms with van der Waals surface area (Å²) in [7, 11) is -1.31. The SMILES string of the molecule is Cc1ccc(F)cc1/C=N/[S@](=O)C(C)(C)C. The van der Waals surface area contributed by atoms with Crippen molar-refractivity contribution in [3.8, 4) is 0 Å². The summed E-state index contributed by atoms with van der Waals surface area (Å²) in [5.41, 5.74) is 1.58. The second-order valence-corrected chi connectivity index (χ2v) is 6.53. The molecule has 0 aliphatic carbocycles. The van der Waals surface area contributed by atoms with Gasteiger partial charge in [0.05, 0.1) is 4.75 Å². The van der Waals surface area contributed by atoms with E-state index in [0.29, 0.717) is 5.56 Å². The third-order valence-corrected chi connectivity index (χ3v) is 3.40. The topological polar surface area (TPSA) is 29.4 Å². The molecule has 0 saturated heterocycles. The predicted molar refractivity (Wildman–Crippen MR) is 66.6 cm³/mol. The first-order chi connectivity index (χ1) is 7.30. The lowest BCUT2D eigenvalue weighted by molar-refractivity contribution is 0.627. The zero-order valence-electron chi connectivity index (χ0n) is 9.95. The number of aryl methyl sites for hydroxylation is 1. The molecule has 1 aromatic carbocycles. The van der Waals surface area contributed by atoms with E-state index in [0.717, 1.165) is 5.56 Å². The minimum atomic E-state index is -1.31. The summed E-state index contributed by atoms with van der Waals surface area (Å²) in [5.74, 6) is -0.311. The monoisotopic (exact) mass is 241 g/mol. The molecule has 1 atom stereocenters. The Labute approximate surface area is 98.2 Å². The molecule has 4 heteroatoms. The highest BCUT2D eigenvalue weighted by atomic mass is 32.2. The van der Waals surface area contributed by atoms with E-state index < -0.39 is 15.7 Å². The first kappa shape index (κ1) is 13.0. The minimum Gasteiger partial charge on any atom is -0.234 e. The first-order valence-electron chi connectivity index (χ1n) is 5.03. The molecule has 0 aliphatic rings. The zero-order chi connectivity index (χ0) is 12.3. The molecule has 16 heavy (non-hydrogen) atoms. The van der Waals surface area contributed by atoms with Crippen LogP contribution in [0, 0.1) is 12.7 Å². The summed E-state index contributed by atoms with van der Waals surface area (Å²) in [6, 6.07) is 4.46. The van der Waals surface area contributed by atoms with Crippen LogP contribution in [-0.2, 0) is 11.0 Å². The van der Waals surface area contributed by atoms with Crippen LogP contribution in [0.3, 0.4) is 0 Å². The Morgan fingerprint density at radius 3 is 2.56 bits per heavy atom. The second kappa shape index (κ2) is 4.87. The number of halogens is 1.